The summed E-state index contributed by atoms with van der Waals surface area (Å²) in [4.78, 5) is 28.3. The van der Waals surface area contributed by atoms with Gasteiger partial charge in [0.25, 0.3) is 0 Å². The van der Waals surface area contributed by atoms with Crippen molar-refractivity contribution in [1.82, 2.24) is 0 Å². The number of para-hydroxylation sites is 1. The summed E-state index contributed by atoms with van der Waals surface area (Å²) < 4.78 is 49.8. The van der Waals surface area contributed by atoms with Gasteiger partial charge < -0.3 is 19.7 Å². The van der Waals surface area contributed by atoms with Crippen molar-refractivity contribution in [3.63, 3.8) is 0 Å². The number of alkyl halides is 3. The molecule has 2 amide bonds. The van der Waals surface area contributed by atoms with Gasteiger partial charge in [-0.3, -0.25) is 9.59 Å². The number of hydrogen-bond donors (Lipinski definition) is 1. The predicted molar refractivity (Wildman–Crippen MR) is 132 cm³/mol. The largest absolute Gasteiger partial charge is 0.493 e. The third kappa shape index (κ3) is 5.59. The van der Waals surface area contributed by atoms with Crippen molar-refractivity contribution >= 4 is 35.0 Å². The second-order valence-electron chi connectivity index (χ2n) is 8.00. The molecule has 0 radical (unpaired) electrons. The number of nitrogens with one attached hydrogen (secondary N) is 1. The summed E-state index contributed by atoms with van der Waals surface area (Å²) >= 11 is 1.49. The van der Waals surface area contributed by atoms with E-state index in [1.165, 1.54) is 35.9 Å². The Morgan fingerprint density at radius 2 is 1.78 bits per heavy atom. The van der Waals surface area contributed by atoms with Crippen LogP contribution < -0.4 is 19.7 Å². The van der Waals surface area contributed by atoms with Gasteiger partial charge in [0.15, 0.2) is 11.5 Å². The Kier molecular flexibility index (Phi) is 7.44. The highest BCUT2D eigenvalue weighted by atomic mass is 32.2. The second kappa shape index (κ2) is 10.5. The molecule has 3 aromatic rings. The lowest BCUT2D eigenvalue weighted by atomic mass is 10.1. The minimum absolute atomic E-state index is 0.00274. The molecule has 0 bridgehead atoms. The number of benzene rings is 3. The SMILES string of the molecule is COc1ccc([C@H]2CC(=O)N(CC(=O)Nc3cccc(C(F)(F)F)c3)c3ccccc3S2)cc1OC. The number of carbonyl (C=O) groups excluding carboxylic acids is 2. The number of rotatable bonds is 6. The van der Waals surface area contributed by atoms with Crippen molar-refractivity contribution in [3.8, 4) is 11.5 Å². The zero-order valence-electron chi connectivity index (χ0n) is 19.5. The molecule has 0 saturated carbocycles. The number of thioether (sulfide) groups is 1. The zero-order chi connectivity index (χ0) is 25.9. The Hall–Kier alpha value is -3.66. The average Bonchev–Trinajstić information content (AvgIpc) is 2.99. The lowest BCUT2D eigenvalue weighted by molar-refractivity contribution is -0.137. The fourth-order valence-corrected chi connectivity index (χ4v) is 5.18. The van der Waals surface area contributed by atoms with Crippen LogP contribution in [-0.2, 0) is 15.8 Å². The number of nitrogens with zero attached hydrogens (tertiary/aromatic N) is 1. The lowest BCUT2D eigenvalue weighted by Gasteiger charge is -2.22. The first-order chi connectivity index (χ1) is 17.2. The molecule has 6 nitrogen and oxygen atoms in total. The summed E-state index contributed by atoms with van der Waals surface area (Å²) in [6.45, 7) is -0.342. The molecule has 3 aromatic carbocycles. The van der Waals surface area contributed by atoms with Gasteiger partial charge in [-0.05, 0) is 48.0 Å². The Labute approximate surface area is 210 Å². The van der Waals surface area contributed by atoms with E-state index in [0.717, 1.165) is 22.6 Å². The first-order valence-corrected chi connectivity index (χ1v) is 11.8. The molecule has 188 valence electrons. The minimum Gasteiger partial charge on any atom is -0.493 e. The standard InChI is InChI=1S/C26H23F3N2O4S/c1-34-20-11-10-16(12-21(20)35-2)23-14-25(33)31(19-8-3-4-9-22(19)36-23)15-24(32)30-18-7-5-6-17(13-18)26(27,28)29/h3-13,23H,14-15H2,1-2H3,(H,30,32)/t23-/m1/s1. The topological polar surface area (TPSA) is 67.9 Å². The number of ether oxygens (including phenoxy) is 2. The predicted octanol–water partition coefficient (Wildman–Crippen LogP) is 5.93. The molecular weight excluding hydrogens is 493 g/mol. The summed E-state index contributed by atoms with van der Waals surface area (Å²) in [6.07, 6.45) is -4.43. The van der Waals surface area contributed by atoms with Crippen molar-refractivity contribution in [2.75, 3.05) is 31.0 Å². The van der Waals surface area contributed by atoms with Crippen LogP contribution in [0.5, 0.6) is 11.5 Å². The summed E-state index contributed by atoms with van der Waals surface area (Å²) in [5.41, 5.74) is 0.555. The normalized spacial score (nSPS) is 15.6. The Morgan fingerprint density at radius 3 is 2.50 bits per heavy atom. The van der Waals surface area contributed by atoms with Gasteiger partial charge in [-0.15, -0.1) is 11.8 Å². The van der Waals surface area contributed by atoms with Gasteiger partial charge in [-0.2, -0.15) is 13.2 Å². The molecule has 4 rings (SSSR count). The van der Waals surface area contributed by atoms with Crippen molar-refractivity contribution in [2.45, 2.75) is 22.7 Å². The number of anilines is 2. The van der Waals surface area contributed by atoms with E-state index >= 15 is 0 Å². The molecule has 0 fully saturated rings. The van der Waals surface area contributed by atoms with Crippen LogP contribution in [0.3, 0.4) is 0 Å². The highest BCUT2D eigenvalue weighted by Crippen LogP contribution is 2.46. The van der Waals surface area contributed by atoms with Gasteiger partial charge in [0.1, 0.15) is 6.54 Å². The average molecular weight is 517 g/mol. The summed E-state index contributed by atoms with van der Waals surface area (Å²) in [7, 11) is 3.08. The molecular formula is C26H23F3N2O4S. The van der Waals surface area contributed by atoms with Crippen molar-refractivity contribution in [2.24, 2.45) is 0 Å². The van der Waals surface area contributed by atoms with E-state index in [-0.39, 0.29) is 29.8 Å². The number of methoxy groups -OCH3 is 2. The van der Waals surface area contributed by atoms with Crippen LogP contribution in [0.15, 0.2) is 71.6 Å². The first-order valence-electron chi connectivity index (χ1n) is 10.9. The van der Waals surface area contributed by atoms with Crippen molar-refractivity contribution < 1.29 is 32.2 Å². The maximum absolute atomic E-state index is 13.3. The Balaban J connectivity index is 1.57. The molecule has 1 N–H and O–H groups in total. The van der Waals surface area contributed by atoms with Gasteiger partial charge in [0, 0.05) is 22.3 Å². The van der Waals surface area contributed by atoms with Crippen LogP contribution in [-0.4, -0.2) is 32.6 Å². The molecule has 1 atom stereocenters. The molecule has 36 heavy (non-hydrogen) atoms. The van der Waals surface area contributed by atoms with Gasteiger partial charge in [0.2, 0.25) is 11.8 Å². The minimum atomic E-state index is -4.53. The van der Waals surface area contributed by atoms with E-state index in [0.29, 0.717) is 17.2 Å². The van der Waals surface area contributed by atoms with Gasteiger partial charge >= 0.3 is 6.18 Å². The molecule has 0 unspecified atom stereocenters. The molecule has 0 spiro atoms. The quantitative estimate of drug-likeness (QED) is 0.440. The molecule has 0 saturated heterocycles. The molecule has 0 aliphatic carbocycles. The summed E-state index contributed by atoms with van der Waals surface area (Å²) in [5.74, 6) is 0.218. The fourth-order valence-electron chi connectivity index (χ4n) is 3.91. The van der Waals surface area contributed by atoms with E-state index in [9.17, 15) is 22.8 Å². The number of carbonyl (C=O) groups is 2. The van der Waals surface area contributed by atoms with Gasteiger partial charge in [-0.25, -0.2) is 0 Å². The van der Waals surface area contributed by atoms with E-state index in [1.54, 1.807) is 25.3 Å². The Morgan fingerprint density at radius 1 is 1.03 bits per heavy atom. The smallest absolute Gasteiger partial charge is 0.416 e. The number of fused-ring (bicyclic) bond motifs is 1. The van der Waals surface area contributed by atoms with Crippen LogP contribution in [0.4, 0.5) is 24.5 Å². The number of amides is 2. The van der Waals surface area contributed by atoms with Crippen LogP contribution >= 0.6 is 11.8 Å². The monoisotopic (exact) mass is 516 g/mol. The van der Waals surface area contributed by atoms with Gasteiger partial charge in [-0.1, -0.05) is 24.3 Å². The van der Waals surface area contributed by atoms with Gasteiger partial charge in [0.05, 0.1) is 25.5 Å². The second-order valence-corrected chi connectivity index (χ2v) is 9.24. The third-order valence-electron chi connectivity index (χ3n) is 5.64. The van der Waals surface area contributed by atoms with Crippen LogP contribution in [0, 0.1) is 0 Å². The molecule has 1 heterocycles. The highest BCUT2D eigenvalue weighted by Gasteiger charge is 2.32. The summed E-state index contributed by atoms with van der Waals surface area (Å²) in [5, 5.41) is 2.22. The Bertz CT molecular complexity index is 1280. The maximum atomic E-state index is 13.3. The lowest BCUT2D eigenvalue weighted by Crippen LogP contribution is -2.38. The molecule has 0 aromatic heterocycles. The molecule has 1 aliphatic rings. The zero-order valence-corrected chi connectivity index (χ0v) is 20.3. The van der Waals surface area contributed by atoms with E-state index in [2.05, 4.69) is 5.32 Å². The third-order valence-corrected chi connectivity index (χ3v) is 6.96. The number of hydrogen-bond acceptors (Lipinski definition) is 5. The summed E-state index contributed by atoms with van der Waals surface area (Å²) in [6, 6.07) is 17.1. The van der Waals surface area contributed by atoms with Crippen LogP contribution in [0.1, 0.15) is 22.8 Å². The fraction of sp³-hybridized carbons (Fsp3) is 0.231. The molecule has 10 heteroatoms. The first kappa shape index (κ1) is 25.4. The van der Waals surface area contributed by atoms with E-state index < -0.39 is 17.6 Å². The molecule has 1 aliphatic heterocycles. The van der Waals surface area contributed by atoms with Crippen LogP contribution in [0.2, 0.25) is 0 Å². The van der Waals surface area contributed by atoms with Crippen molar-refractivity contribution in [3.05, 3.63) is 77.9 Å². The van der Waals surface area contributed by atoms with E-state index in [1.807, 2.05) is 24.3 Å². The number of halogens is 3. The van der Waals surface area contributed by atoms with Crippen molar-refractivity contribution in [1.29, 1.82) is 0 Å². The maximum Gasteiger partial charge on any atom is 0.416 e. The highest BCUT2D eigenvalue weighted by molar-refractivity contribution is 7.99. The van der Waals surface area contributed by atoms with Crippen LogP contribution in [0.25, 0.3) is 0 Å². The van der Waals surface area contributed by atoms with E-state index in [4.69, 9.17) is 9.47 Å².